The van der Waals surface area contributed by atoms with Gasteiger partial charge in [0.05, 0.1) is 16.9 Å². The summed E-state index contributed by atoms with van der Waals surface area (Å²) >= 11 is 0. The molecule has 2 aromatic carbocycles. The lowest BCUT2D eigenvalue weighted by Crippen LogP contribution is -2.17. The van der Waals surface area contributed by atoms with Crippen LogP contribution in [0, 0.1) is 6.92 Å². The van der Waals surface area contributed by atoms with E-state index in [0.29, 0.717) is 40.4 Å². The van der Waals surface area contributed by atoms with Crippen molar-refractivity contribution in [2.75, 3.05) is 5.32 Å². The molecular formula is C27H23F3N4O4. The Bertz CT molecular complexity index is 1530. The van der Waals surface area contributed by atoms with E-state index in [2.05, 4.69) is 15.0 Å². The first-order chi connectivity index (χ1) is 18.0. The number of ketones is 1. The second kappa shape index (κ2) is 10.4. The first-order valence-electron chi connectivity index (χ1n) is 11.5. The normalized spacial score (nSPS) is 11.3. The molecule has 0 aliphatic heterocycles. The summed E-state index contributed by atoms with van der Waals surface area (Å²) in [5.74, 6) is -1.47. The molecule has 0 amide bonds. The fourth-order valence-corrected chi connectivity index (χ4v) is 4.01. The molecule has 196 valence electrons. The van der Waals surface area contributed by atoms with Crippen molar-refractivity contribution in [2.45, 2.75) is 33.6 Å². The lowest BCUT2D eigenvalue weighted by atomic mass is 10.00. The van der Waals surface area contributed by atoms with Crippen molar-refractivity contribution >= 4 is 23.3 Å². The number of aromatic nitrogens is 3. The number of aryl methyl sites for hydroxylation is 2. The van der Waals surface area contributed by atoms with E-state index in [1.807, 2.05) is 19.9 Å². The predicted molar refractivity (Wildman–Crippen MR) is 134 cm³/mol. The quantitative estimate of drug-likeness (QED) is 0.259. The molecule has 0 aliphatic carbocycles. The molecule has 0 unspecified atom stereocenters. The van der Waals surface area contributed by atoms with Gasteiger partial charge >= 0.3 is 12.3 Å². The second-order valence-electron chi connectivity index (χ2n) is 8.40. The Morgan fingerprint density at radius 1 is 1.11 bits per heavy atom. The number of aromatic carboxylic acids is 1. The molecule has 0 saturated heterocycles. The van der Waals surface area contributed by atoms with Crippen LogP contribution in [0.2, 0.25) is 0 Å². The zero-order valence-electron chi connectivity index (χ0n) is 20.6. The minimum Gasteiger partial charge on any atom is -0.478 e. The molecule has 11 heteroatoms. The topological polar surface area (TPSA) is 106 Å². The summed E-state index contributed by atoms with van der Waals surface area (Å²) in [6.45, 7) is 5.18. The summed E-state index contributed by atoms with van der Waals surface area (Å²) in [7, 11) is 0. The predicted octanol–water partition coefficient (Wildman–Crippen LogP) is 6.35. The van der Waals surface area contributed by atoms with Gasteiger partial charge in [0.25, 0.3) is 0 Å². The van der Waals surface area contributed by atoms with E-state index in [0.717, 1.165) is 17.7 Å². The maximum Gasteiger partial charge on any atom is 0.573 e. The molecule has 4 rings (SSSR count). The molecule has 2 N–H and O–H groups in total. The highest BCUT2D eigenvalue weighted by Crippen LogP contribution is 2.38. The average Bonchev–Trinajstić information content (AvgIpc) is 3.22. The Morgan fingerprint density at radius 2 is 1.87 bits per heavy atom. The Kier molecular flexibility index (Phi) is 7.20. The number of pyridine rings is 1. The van der Waals surface area contributed by atoms with E-state index in [-0.39, 0.29) is 11.5 Å². The van der Waals surface area contributed by atoms with Gasteiger partial charge in [-0.15, -0.1) is 13.2 Å². The van der Waals surface area contributed by atoms with Gasteiger partial charge in [0.1, 0.15) is 11.6 Å². The number of nitrogens with zero attached hydrogens (tertiary/aromatic N) is 3. The largest absolute Gasteiger partial charge is 0.573 e. The third-order valence-corrected chi connectivity index (χ3v) is 5.74. The van der Waals surface area contributed by atoms with Crippen molar-refractivity contribution in [3.05, 3.63) is 83.2 Å². The highest BCUT2D eigenvalue weighted by Gasteiger charge is 2.32. The van der Waals surface area contributed by atoms with Crippen LogP contribution in [0.4, 0.5) is 24.7 Å². The molecule has 0 bridgehead atoms. The Balaban J connectivity index is 1.96. The number of nitrogens with one attached hydrogen (secondary N) is 1. The van der Waals surface area contributed by atoms with Crippen molar-refractivity contribution < 1.29 is 32.6 Å². The summed E-state index contributed by atoms with van der Waals surface area (Å²) < 4.78 is 43.7. The molecule has 8 nitrogen and oxygen atoms in total. The van der Waals surface area contributed by atoms with E-state index in [9.17, 15) is 27.9 Å². The van der Waals surface area contributed by atoms with Gasteiger partial charge in [-0.05, 0) is 61.7 Å². The highest BCUT2D eigenvalue weighted by molar-refractivity contribution is 5.98. The third kappa shape index (κ3) is 5.51. The Labute approximate surface area is 215 Å². The van der Waals surface area contributed by atoms with Crippen LogP contribution in [0.15, 0.2) is 60.8 Å². The first-order valence-corrected chi connectivity index (χ1v) is 11.5. The van der Waals surface area contributed by atoms with Crippen LogP contribution in [0.5, 0.6) is 5.75 Å². The number of carboxylic acids is 1. The van der Waals surface area contributed by atoms with E-state index in [1.54, 1.807) is 36.5 Å². The lowest BCUT2D eigenvalue weighted by Gasteiger charge is -2.16. The number of carboxylic acid groups (broad SMARTS) is 1. The van der Waals surface area contributed by atoms with Gasteiger partial charge in [0.2, 0.25) is 0 Å². The van der Waals surface area contributed by atoms with Gasteiger partial charge in [-0.25, -0.2) is 9.78 Å². The van der Waals surface area contributed by atoms with Gasteiger partial charge in [-0.3, -0.25) is 4.79 Å². The molecule has 0 saturated carbocycles. The maximum absolute atomic E-state index is 12.7. The number of carbonyl (C=O) groups excluding carboxylic acids is 1. The summed E-state index contributed by atoms with van der Waals surface area (Å²) in [5, 5.41) is 17.6. The van der Waals surface area contributed by atoms with Gasteiger partial charge in [0.15, 0.2) is 11.6 Å². The van der Waals surface area contributed by atoms with Gasteiger partial charge in [-0.1, -0.05) is 31.2 Å². The fraction of sp³-hybridized carbons (Fsp3) is 0.185. The van der Waals surface area contributed by atoms with Crippen molar-refractivity contribution in [1.29, 1.82) is 0 Å². The van der Waals surface area contributed by atoms with Crippen LogP contribution in [-0.4, -0.2) is 38.0 Å². The van der Waals surface area contributed by atoms with Crippen molar-refractivity contribution in [3.63, 3.8) is 0 Å². The first kappa shape index (κ1) is 26.4. The maximum atomic E-state index is 12.7. The number of halogens is 3. The zero-order valence-corrected chi connectivity index (χ0v) is 20.6. The van der Waals surface area contributed by atoms with E-state index in [1.165, 1.54) is 17.7 Å². The van der Waals surface area contributed by atoms with Crippen LogP contribution in [0.3, 0.4) is 0 Å². The highest BCUT2D eigenvalue weighted by atomic mass is 19.4. The Hall–Kier alpha value is -4.67. The minimum atomic E-state index is -4.98. The lowest BCUT2D eigenvalue weighted by molar-refractivity contribution is -0.274. The van der Waals surface area contributed by atoms with Gasteiger partial charge < -0.3 is 15.2 Å². The summed E-state index contributed by atoms with van der Waals surface area (Å²) in [4.78, 5) is 28.5. The number of anilines is 2. The van der Waals surface area contributed by atoms with Crippen molar-refractivity contribution in [1.82, 2.24) is 14.8 Å². The van der Waals surface area contributed by atoms with Crippen LogP contribution < -0.4 is 10.1 Å². The number of benzene rings is 2. The summed E-state index contributed by atoms with van der Waals surface area (Å²) in [6.07, 6.45) is -2.91. The van der Waals surface area contributed by atoms with Crippen LogP contribution in [-0.2, 0) is 6.42 Å². The van der Waals surface area contributed by atoms with Crippen LogP contribution in [0.25, 0.3) is 16.9 Å². The number of alkyl halides is 3. The monoisotopic (exact) mass is 524 g/mol. The van der Waals surface area contributed by atoms with E-state index >= 15 is 0 Å². The second-order valence-corrected chi connectivity index (χ2v) is 8.40. The zero-order chi connectivity index (χ0) is 27.6. The summed E-state index contributed by atoms with van der Waals surface area (Å²) in [6, 6.07) is 13.5. The average molecular weight is 524 g/mol. The smallest absolute Gasteiger partial charge is 0.478 e. The number of hydrogen-bond acceptors (Lipinski definition) is 6. The molecular weight excluding hydrogens is 501 g/mol. The van der Waals surface area contributed by atoms with Crippen molar-refractivity contribution in [3.8, 4) is 22.7 Å². The SMILES string of the molecule is CCc1nn(-c2ncccc2C)c(Nc2ccc(OC(F)(F)F)cc2C(=O)O)c1-c1cccc(C(C)=O)c1. The number of Topliss-reactive ketones (excluding diaryl/α,β-unsaturated/α-hetero) is 1. The summed E-state index contributed by atoms with van der Waals surface area (Å²) in [5.41, 5.74) is 2.67. The standard InChI is InChI=1S/C27H23F3N4O4/c1-4-21-23(18-9-5-8-17(13-18)16(3)35)25(34(33-21)24-15(2)7-6-12-31-24)32-22-11-10-19(38-27(28,29)30)14-20(22)26(36)37/h5-14,32H,4H2,1-3H3,(H,36,37). The third-order valence-electron chi connectivity index (χ3n) is 5.74. The van der Waals surface area contributed by atoms with Crippen LogP contribution >= 0.6 is 0 Å². The molecule has 4 aromatic rings. The molecule has 0 fully saturated rings. The van der Waals surface area contributed by atoms with Gasteiger partial charge in [0, 0.05) is 17.3 Å². The van der Waals surface area contributed by atoms with Crippen molar-refractivity contribution in [2.24, 2.45) is 0 Å². The molecule has 2 aromatic heterocycles. The fourth-order valence-electron chi connectivity index (χ4n) is 4.01. The molecule has 0 aliphatic rings. The number of rotatable bonds is 8. The van der Waals surface area contributed by atoms with E-state index in [4.69, 9.17) is 5.10 Å². The van der Waals surface area contributed by atoms with E-state index < -0.39 is 23.6 Å². The van der Waals surface area contributed by atoms with Crippen LogP contribution in [0.1, 0.15) is 45.8 Å². The molecule has 0 atom stereocenters. The minimum absolute atomic E-state index is 0.00776. The number of ether oxygens (including phenoxy) is 1. The number of carbonyl (C=O) groups is 2. The molecule has 0 spiro atoms. The molecule has 0 radical (unpaired) electrons. The molecule has 2 heterocycles. The van der Waals surface area contributed by atoms with Gasteiger partial charge in [-0.2, -0.15) is 9.78 Å². The number of hydrogen-bond donors (Lipinski definition) is 2. The molecule has 38 heavy (non-hydrogen) atoms. The Morgan fingerprint density at radius 3 is 2.50 bits per heavy atom.